The van der Waals surface area contributed by atoms with Crippen molar-refractivity contribution in [3.63, 3.8) is 0 Å². The number of hydrogen-bond acceptors (Lipinski definition) is 6. The maximum absolute atomic E-state index is 13.4. The standard InChI is InChI=1S/C22H23FN6O/c1-5-16-22(30)28(4)17-12-26-20(27-21(17)29(16)13(2)3)19-18(24-10-11-25-19)14-6-8-15(23)9-7-14/h6-13,16H,5H2,1-4H3. The normalized spacial score (nSPS) is 16.2. The van der Waals surface area contributed by atoms with Crippen LogP contribution in [0.3, 0.4) is 0 Å². The third kappa shape index (κ3) is 3.28. The highest BCUT2D eigenvalue weighted by atomic mass is 19.1. The summed E-state index contributed by atoms with van der Waals surface area (Å²) in [6, 6.07) is 5.86. The Balaban J connectivity index is 1.87. The van der Waals surface area contributed by atoms with E-state index in [1.807, 2.05) is 25.7 Å². The number of benzene rings is 1. The Hall–Kier alpha value is -3.42. The predicted octanol–water partition coefficient (Wildman–Crippen LogP) is 3.71. The highest BCUT2D eigenvalue weighted by Gasteiger charge is 2.38. The first-order chi connectivity index (χ1) is 14.4. The van der Waals surface area contributed by atoms with Gasteiger partial charge in [-0.05, 0) is 44.5 Å². The molecule has 0 bridgehead atoms. The van der Waals surface area contributed by atoms with E-state index in [1.165, 1.54) is 12.1 Å². The van der Waals surface area contributed by atoms with E-state index in [2.05, 4.69) is 15.0 Å². The monoisotopic (exact) mass is 406 g/mol. The number of amides is 1. The molecule has 1 atom stereocenters. The minimum absolute atomic E-state index is 0.0292. The van der Waals surface area contributed by atoms with Gasteiger partial charge in [0, 0.05) is 31.0 Å². The minimum Gasteiger partial charge on any atom is -0.340 e. The van der Waals surface area contributed by atoms with Crippen molar-refractivity contribution in [3.8, 4) is 22.8 Å². The van der Waals surface area contributed by atoms with Gasteiger partial charge in [0.25, 0.3) is 0 Å². The first kappa shape index (κ1) is 19.9. The summed E-state index contributed by atoms with van der Waals surface area (Å²) in [6.07, 6.45) is 5.49. The Labute approximate surface area is 174 Å². The van der Waals surface area contributed by atoms with Crippen LogP contribution in [0.25, 0.3) is 22.8 Å². The summed E-state index contributed by atoms with van der Waals surface area (Å²) in [5.74, 6) is 0.811. The average Bonchev–Trinajstić information content (AvgIpc) is 2.76. The first-order valence-corrected chi connectivity index (χ1v) is 9.92. The molecule has 3 aromatic rings. The van der Waals surface area contributed by atoms with Gasteiger partial charge >= 0.3 is 0 Å². The maximum Gasteiger partial charge on any atom is 0.249 e. The smallest absolute Gasteiger partial charge is 0.249 e. The molecular formula is C22H23FN6O. The van der Waals surface area contributed by atoms with Gasteiger partial charge in [-0.3, -0.25) is 9.78 Å². The van der Waals surface area contributed by atoms with Gasteiger partial charge in [0.05, 0.1) is 11.9 Å². The van der Waals surface area contributed by atoms with E-state index in [9.17, 15) is 9.18 Å². The zero-order chi connectivity index (χ0) is 21.4. The molecule has 30 heavy (non-hydrogen) atoms. The van der Waals surface area contributed by atoms with Crippen molar-refractivity contribution >= 4 is 17.4 Å². The lowest BCUT2D eigenvalue weighted by molar-refractivity contribution is -0.120. The van der Waals surface area contributed by atoms with E-state index >= 15 is 0 Å². The number of carbonyl (C=O) groups excluding carboxylic acids is 1. The Kier molecular flexibility index (Phi) is 5.15. The topological polar surface area (TPSA) is 75.1 Å². The summed E-state index contributed by atoms with van der Waals surface area (Å²) >= 11 is 0. The van der Waals surface area contributed by atoms with Crippen LogP contribution in [-0.4, -0.2) is 45.0 Å². The molecule has 0 saturated carbocycles. The van der Waals surface area contributed by atoms with Crippen molar-refractivity contribution in [2.75, 3.05) is 16.8 Å². The molecule has 0 N–H and O–H groups in total. The predicted molar refractivity (Wildman–Crippen MR) is 114 cm³/mol. The molecule has 154 valence electrons. The third-order valence-electron chi connectivity index (χ3n) is 5.28. The van der Waals surface area contributed by atoms with Crippen molar-refractivity contribution in [1.82, 2.24) is 19.9 Å². The van der Waals surface area contributed by atoms with Crippen LogP contribution >= 0.6 is 0 Å². The fraction of sp³-hybridized carbons (Fsp3) is 0.318. The van der Waals surface area contributed by atoms with Crippen LogP contribution in [0.2, 0.25) is 0 Å². The van der Waals surface area contributed by atoms with Gasteiger partial charge in [0.2, 0.25) is 5.91 Å². The summed E-state index contributed by atoms with van der Waals surface area (Å²) in [6.45, 7) is 6.08. The molecule has 2 aromatic heterocycles. The third-order valence-corrected chi connectivity index (χ3v) is 5.28. The molecule has 0 fully saturated rings. The number of halogens is 1. The lowest BCUT2D eigenvalue weighted by Crippen LogP contribution is -2.54. The second-order valence-electron chi connectivity index (χ2n) is 7.49. The average molecular weight is 406 g/mol. The first-order valence-electron chi connectivity index (χ1n) is 9.92. The highest BCUT2D eigenvalue weighted by molar-refractivity contribution is 6.04. The zero-order valence-electron chi connectivity index (χ0n) is 17.4. The van der Waals surface area contributed by atoms with Crippen LogP contribution in [0.4, 0.5) is 15.9 Å². The lowest BCUT2D eigenvalue weighted by atomic mass is 10.1. The highest BCUT2D eigenvalue weighted by Crippen LogP contribution is 2.37. The SMILES string of the molecule is CCC1C(=O)N(C)c2cnc(-c3nccnc3-c3ccc(F)cc3)nc2N1C(C)C. The minimum atomic E-state index is -0.319. The molecule has 8 heteroatoms. The van der Waals surface area contributed by atoms with E-state index in [4.69, 9.17) is 4.98 Å². The fourth-order valence-electron chi connectivity index (χ4n) is 3.81. The number of carbonyl (C=O) groups is 1. The Morgan fingerprint density at radius 3 is 2.37 bits per heavy atom. The quantitative estimate of drug-likeness (QED) is 0.658. The number of rotatable bonds is 4. The number of fused-ring (bicyclic) bond motifs is 1. The van der Waals surface area contributed by atoms with E-state index in [0.29, 0.717) is 35.1 Å². The second-order valence-corrected chi connectivity index (χ2v) is 7.49. The van der Waals surface area contributed by atoms with Crippen LogP contribution < -0.4 is 9.80 Å². The van der Waals surface area contributed by atoms with Gasteiger partial charge in [0.15, 0.2) is 11.6 Å². The summed E-state index contributed by atoms with van der Waals surface area (Å²) in [4.78, 5) is 34.7. The van der Waals surface area contributed by atoms with Crippen molar-refractivity contribution in [2.24, 2.45) is 0 Å². The van der Waals surface area contributed by atoms with Crippen molar-refractivity contribution in [1.29, 1.82) is 0 Å². The van der Waals surface area contributed by atoms with E-state index in [0.717, 1.165) is 5.56 Å². The van der Waals surface area contributed by atoms with Gasteiger partial charge in [-0.15, -0.1) is 0 Å². The van der Waals surface area contributed by atoms with Gasteiger partial charge in [-0.1, -0.05) is 6.92 Å². The molecule has 0 saturated heterocycles. The molecule has 0 radical (unpaired) electrons. The molecule has 1 aliphatic heterocycles. The van der Waals surface area contributed by atoms with Crippen LogP contribution in [0.5, 0.6) is 0 Å². The van der Waals surface area contributed by atoms with Gasteiger partial charge in [0.1, 0.15) is 23.2 Å². The number of hydrogen-bond donors (Lipinski definition) is 0. The summed E-state index contributed by atoms with van der Waals surface area (Å²) in [5.41, 5.74) is 2.46. The van der Waals surface area contributed by atoms with Crippen molar-refractivity contribution < 1.29 is 9.18 Å². The van der Waals surface area contributed by atoms with E-state index in [1.54, 1.807) is 42.7 Å². The van der Waals surface area contributed by atoms with Crippen LogP contribution in [0.1, 0.15) is 27.2 Å². The molecule has 1 aliphatic rings. The molecule has 7 nitrogen and oxygen atoms in total. The van der Waals surface area contributed by atoms with Crippen LogP contribution in [-0.2, 0) is 4.79 Å². The molecule has 3 heterocycles. The molecule has 1 amide bonds. The van der Waals surface area contributed by atoms with Crippen LogP contribution in [0, 0.1) is 5.82 Å². The lowest BCUT2D eigenvalue weighted by Gasteiger charge is -2.42. The molecule has 0 spiro atoms. The van der Waals surface area contributed by atoms with E-state index in [-0.39, 0.29) is 23.8 Å². The zero-order valence-corrected chi connectivity index (χ0v) is 17.4. The number of likely N-dealkylation sites (N-methyl/N-ethyl adjacent to an activating group) is 1. The van der Waals surface area contributed by atoms with Gasteiger partial charge < -0.3 is 9.80 Å². The molecule has 0 aliphatic carbocycles. The molecular weight excluding hydrogens is 383 g/mol. The van der Waals surface area contributed by atoms with Crippen molar-refractivity contribution in [2.45, 2.75) is 39.3 Å². The fourth-order valence-corrected chi connectivity index (χ4v) is 3.81. The summed E-state index contributed by atoms with van der Waals surface area (Å²) < 4.78 is 13.4. The Morgan fingerprint density at radius 1 is 1.07 bits per heavy atom. The van der Waals surface area contributed by atoms with E-state index < -0.39 is 0 Å². The van der Waals surface area contributed by atoms with Crippen LogP contribution in [0.15, 0.2) is 42.9 Å². The van der Waals surface area contributed by atoms with Crippen molar-refractivity contribution in [3.05, 3.63) is 48.7 Å². The summed E-state index contributed by atoms with van der Waals surface area (Å²) in [5, 5.41) is 0. The molecule has 1 unspecified atom stereocenters. The number of aromatic nitrogens is 4. The van der Waals surface area contributed by atoms with Gasteiger partial charge in [-0.25, -0.2) is 19.3 Å². The summed E-state index contributed by atoms with van der Waals surface area (Å²) in [7, 11) is 1.75. The molecule has 1 aromatic carbocycles. The molecule has 4 rings (SSSR count). The number of anilines is 2. The van der Waals surface area contributed by atoms with Gasteiger partial charge in [-0.2, -0.15) is 0 Å². The largest absolute Gasteiger partial charge is 0.340 e. The maximum atomic E-state index is 13.4. The Morgan fingerprint density at radius 2 is 1.73 bits per heavy atom. The number of nitrogens with zero attached hydrogens (tertiary/aromatic N) is 6. The Bertz CT molecular complexity index is 1090. The second kappa shape index (κ2) is 7.78.